The number of amides is 1. The van der Waals surface area contributed by atoms with Gasteiger partial charge in [-0.25, -0.2) is 0 Å². The van der Waals surface area contributed by atoms with E-state index in [1.165, 1.54) is 24.3 Å². The van der Waals surface area contributed by atoms with Gasteiger partial charge in [-0.15, -0.1) is 0 Å². The van der Waals surface area contributed by atoms with Gasteiger partial charge in [0, 0.05) is 17.6 Å². The summed E-state index contributed by atoms with van der Waals surface area (Å²) < 4.78 is 39.3. The minimum Gasteiger partial charge on any atom is -0.348 e. The Morgan fingerprint density at radius 3 is 2.22 bits per heavy atom. The minimum atomic E-state index is -4.61. The lowest BCUT2D eigenvalue weighted by molar-refractivity contribution is -0.117. The quantitative estimate of drug-likeness (QED) is 0.810. The summed E-state index contributed by atoms with van der Waals surface area (Å²) in [5, 5.41) is 2.98. The van der Waals surface area contributed by atoms with Gasteiger partial charge in [-0.2, -0.15) is 13.2 Å². The molecule has 0 aliphatic carbocycles. The molecule has 2 nitrogen and oxygen atoms in total. The van der Waals surface area contributed by atoms with Crippen LogP contribution in [0.2, 0.25) is 5.02 Å². The van der Waals surface area contributed by atoms with Crippen molar-refractivity contribution in [2.24, 2.45) is 0 Å². The Morgan fingerprint density at radius 2 is 1.65 bits per heavy atom. The van der Waals surface area contributed by atoms with E-state index in [1.54, 1.807) is 30.3 Å². The summed E-state index contributed by atoms with van der Waals surface area (Å²) in [5.74, 6) is -0.809. The van der Waals surface area contributed by atoms with E-state index in [0.717, 1.165) is 5.56 Å². The van der Waals surface area contributed by atoms with Gasteiger partial charge in [0.05, 0.1) is 5.57 Å². The molecule has 6 heteroatoms. The number of allylic oxidation sites excluding steroid dienone is 1. The molecule has 0 aliphatic heterocycles. The zero-order valence-electron chi connectivity index (χ0n) is 11.9. The maximum absolute atomic E-state index is 13.1. The van der Waals surface area contributed by atoms with Gasteiger partial charge >= 0.3 is 6.18 Å². The van der Waals surface area contributed by atoms with Gasteiger partial charge in [0.15, 0.2) is 0 Å². The number of alkyl halides is 3. The molecular weight excluding hydrogens is 327 g/mol. The van der Waals surface area contributed by atoms with Gasteiger partial charge in [-0.3, -0.25) is 4.79 Å². The monoisotopic (exact) mass is 339 g/mol. The fourth-order valence-electron chi connectivity index (χ4n) is 1.92. The molecule has 0 fully saturated rings. The molecule has 0 saturated carbocycles. The number of carbonyl (C=O) groups excluding carboxylic acids is 1. The second-order valence-electron chi connectivity index (χ2n) is 4.77. The molecule has 0 radical (unpaired) electrons. The molecule has 0 heterocycles. The van der Waals surface area contributed by atoms with Crippen LogP contribution in [0, 0.1) is 0 Å². The molecule has 23 heavy (non-hydrogen) atoms. The van der Waals surface area contributed by atoms with E-state index >= 15 is 0 Å². The van der Waals surface area contributed by atoms with E-state index in [1.807, 2.05) is 0 Å². The van der Waals surface area contributed by atoms with E-state index in [-0.39, 0.29) is 12.1 Å². The SMILES string of the molecule is O=C(/C=C(\c1ccccc1)C(F)(F)F)NCc1ccc(Cl)cc1. The molecule has 0 atom stereocenters. The van der Waals surface area contributed by atoms with Crippen LogP contribution in [0.25, 0.3) is 5.57 Å². The predicted molar refractivity (Wildman–Crippen MR) is 83.8 cm³/mol. The van der Waals surface area contributed by atoms with Gasteiger partial charge < -0.3 is 5.32 Å². The van der Waals surface area contributed by atoms with Gasteiger partial charge in [-0.1, -0.05) is 54.1 Å². The van der Waals surface area contributed by atoms with Crippen molar-refractivity contribution in [3.8, 4) is 0 Å². The van der Waals surface area contributed by atoms with Gasteiger partial charge in [0.1, 0.15) is 0 Å². The van der Waals surface area contributed by atoms with Crippen molar-refractivity contribution < 1.29 is 18.0 Å². The first-order valence-corrected chi connectivity index (χ1v) is 7.10. The zero-order valence-corrected chi connectivity index (χ0v) is 12.7. The third kappa shape index (κ3) is 5.14. The summed E-state index contributed by atoms with van der Waals surface area (Å²) in [5.41, 5.74) is -0.294. The lowest BCUT2D eigenvalue weighted by atomic mass is 10.1. The van der Waals surface area contributed by atoms with Gasteiger partial charge in [-0.05, 0) is 23.3 Å². The zero-order chi connectivity index (χ0) is 16.9. The summed E-state index contributed by atoms with van der Waals surface area (Å²) in [6.07, 6.45) is -4.04. The molecule has 0 unspecified atom stereocenters. The Balaban J connectivity index is 2.12. The van der Waals surface area contributed by atoms with E-state index < -0.39 is 17.7 Å². The molecular formula is C17H13ClF3NO. The Hall–Kier alpha value is -2.27. The third-order valence-corrected chi connectivity index (χ3v) is 3.30. The Kier molecular flexibility index (Phi) is 5.45. The summed E-state index contributed by atoms with van der Waals surface area (Å²) in [7, 11) is 0. The number of benzene rings is 2. The Bertz CT molecular complexity index is 694. The normalized spacial score (nSPS) is 12.1. The molecule has 0 aromatic heterocycles. The summed E-state index contributed by atoms with van der Waals surface area (Å²) >= 11 is 5.74. The van der Waals surface area contributed by atoms with Crippen molar-refractivity contribution >= 4 is 23.1 Å². The second kappa shape index (κ2) is 7.33. The van der Waals surface area contributed by atoms with Crippen molar-refractivity contribution in [2.75, 3.05) is 0 Å². The topological polar surface area (TPSA) is 29.1 Å². The lowest BCUT2D eigenvalue weighted by Gasteiger charge is -2.12. The van der Waals surface area contributed by atoms with Crippen molar-refractivity contribution in [2.45, 2.75) is 12.7 Å². The average Bonchev–Trinajstić information content (AvgIpc) is 2.52. The van der Waals surface area contributed by atoms with Crippen molar-refractivity contribution in [1.82, 2.24) is 5.32 Å². The lowest BCUT2D eigenvalue weighted by Crippen LogP contribution is -2.22. The molecule has 2 aromatic rings. The number of halogens is 4. The molecule has 0 spiro atoms. The standard InChI is InChI=1S/C17H13ClF3NO/c18-14-8-6-12(7-9-14)11-22-16(23)10-15(17(19,20)21)13-4-2-1-3-5-13/h1-10H,11H2,(H,22,23)/b15-10+. The first-order valence-electron chi connectivity index (χ1n) is 6.73. The highest BCUT2D eigenvalue weighted by Gasteiger charge is 2.35. The fraction of sp³-hybridized carbons (Fsp3) is 0.118. The predicted octanol–water partition coefficient (Wildman–Crippen LogP) is 4.60. The summed E-state index contributed by atoms with van der Waals surface area (Å²) in [4.78, 5) is 11.8. The summed E-state index contributed by atoms with van der Waals surface area (Å²) in [6.45, 7) is 0.117. The van der Waals surface area contributed by atoms with Crippen LogP contribution in [0.1, 0.15) is 11.1 Å². The van der Waals surface area contributed by atoms with Crippen LogP contribution in [-0.2, 0) is 11.3 Å². The molecule has 0 aliphatic rings. The van der Waals surface area contributed by atoms with Crippen molar-refractivity contribution in [1.29, 1.82) is 0 Å². The first kappa shape index (κ1) is 17.1. The number of nitrogens with one attached hydrogen (secondary N) is 1. The highest BCUT2D eigenvalue weighted by Crippen LogP contribution is 2.33. The van der Waals surface area contributed by atoms with E-state index in [9.17, 15) is 18.0 Å². The van der Waals surface area contributed by atoms with Crippen LogP contribution < -0.4 is 5.32 Å². The maximum Gasteiger partial charge on any atom is 0.417 e. The molecule has 120 valence electrons. The maximum atomic E-state index is 13.1. The largest absolute Gasteiger partial charge is 0.417 e. The summed E-state index contributed by atoms with van der Waals surface area (Å²) in [6, 6.07) is 13.9. The van der Waals surface area contributed by atoms with Crippen LogP contribution >= 0.6 is 11.6 Å². The molecule has 0 bridgehead atoms. The van der Waals surface area contributed by atoms with Crippen LogP contribution in [0.3, 0.4) is 0 Å². The number of rotatable bonds is 4. The van der Waals surface area contributed by atoms with Gasteiger partial charge in [0.2, 0.25) is 5.91 Å². The Morgan fingerprint density at radius 1 is 1.04 bits per heavy atom. The molecule has 2 aromatic carbocycles. The molecule has 1 N–H and O–H groups in total. The second-order valence-corrected chi connectivity index (χ2v) is 5.20. The van der Waals surface area contributed by atoms with E-state index in [2.05, 4.69) is 5.32 Å². The van der Waals surface area contributed by atoms with E-state index in [0.29, 0.717) is 11.1 Å². The minimum absolute atomic E-state index is 0.0540. The number of hydrogen-bond donors (Lipinski definition) is 1. The van der Waals surface area contributed by atoms with Crippen LogP contribution in [0.5, 0.6) is 0 Å². The van der Waals surface area contributed by atoms with Crippen LogP contribution in [0.15, 0.2) is 60.7 Å². The van der Waals surface area contributed by atoms with E-state index in [4.69, 9.17) is 11.6 Å². The molecule has 1 amide bonds. The molecule has 2 rings (SSSR count). The fourth-order valence-corrected chi connectivity index (χ4v) is 2.05. The highest BCUT2D eigenvalue weighted by molar-refractivity contribution is 6.30. The average molecular weight is 340 g/mol. The highest BCUT2D eigenvalue weighted by atomic mass is 35.5. The first-order chi connectivity index (χ1) is 10.9. The van der Waals surface area contributed by atoms with Crippen molar-refractivity contribution in [3.05, 3.63) is 76.8 Å². The van der Waals surface area contributed by atoms with Crippen LogP contribution in [0.4, 0.5) is 13.2 Å². The smallest absolute Gasteiger partial charge is 0.348 e. The third-order valence-electron chi connectivity index (χ3n) is 3.05. The number of hydrogen-bond acceptors (Lipinski definition) is 1. The Labute approximate surface area is 136 Å². The van der Waals surface area contributed by atoms with Crippen LogP contribution in [-0.4, -0.2) is 12.1 Å². The van der Waals surface area contributed by atoms with Crippen molar-refractivity contribution in [3.63, 3.8) is 0 Å². The number of carbonyl (C=O) groups is 1. The van der Waals surface area contributed by atoms with Gasteiger partial charge in [0.25, 0.3) is 0 Å². The molecule has 0 saturated heterocycles.